The molecule has 2 rings (SSSR count). The summed E-state index contributed by atoms with van der Waals surface area (Å²) in [4.78, 5) is 12.2. The smallest absolute Gasteiger partial charge is 0.260 e. The molecule has 0 fully saturated rings. The largest absolute Gasteiger partial charge is 0.481 e. The molecule has 0 aromatic heterocycles. The molecule has 0 saturated heterocycles. The van der Waals surface area contributed by atoms with Crippen LogP contribution < -0.4 is 10.1 Å². The Morgan fingerprint density at radius 1 is 1.21 bits per heavy atom. The van der Waals surface area contributed by atoms with Gasteiger partial charge in [0.15, 0.2) is 6.10 Å². The number of benzene rings is 1. The second-order valence-electron chi connectivity index (χ2n) is 7.68. The summed E-state index contributed by atoms with van der Waals surface area (Å²) < 4.78 is 5.76. The number of allylic oxidation sites excluding steroid dienone is 1. The lowest BCUT2D eigenvalue weighted by atomic mass is 9.87. The highest BCUT2D eigenvalue weighted by atomic mass is 16.5. The van der Waals surface area contributed by atoms with Crippen LogP contribution in [0.1, 0.15) is 65.4 Å². The molecule has 1 aromatic rings. The molecule has 3 heteroatoms. The van der Waals surface area contributed by atoms with Crippen molar-refractivity contribution in [2.75, 3.05) is 6.54 Å². The number of carbonyl (C=O) groups excluding carboxylic acids is 1. The molecule has 1 amide bonds. The number of amides is 1. The fourth-order valence-corrected chi connectivity index (χ4v) is 2.91. The van der Waals surface area contributed by atoms with Gasteiger partial charge >= 0.3 is 0 Å². The van der Waals surface area contributed by atoms with Crippen molar-refractivity contribution >= 4 is 5.91 Å². The van der Waals surface area contributed by atoms with E-state index in [4.69, 9.17) is 4.74 Å². The van der Waals surface area contributed by atoms with Crippen molar-refractivity contribution in [3.63, 3.8) is 0 Å². The lowest BCUT2D eigenvalue weighted by molar-refractivity contribution is -0.127. The van der Waals surface area contributed by atoms with Crippen LogP contribution in [0.3, 0.4) is 0 Å². The molecule has 0 spiro atoms. The lowest BCUT2D eigenvalue weighted by Gasteiger charge is -2.20. The number of carbonyl (C=O) groups is 1. The zero-order chi connectivity index (χ0) is 17.6. The van der Waals surface area contributed by atoms with E-state index in [1.807, 2.05) is 12.1 Å². The van der Waals surface area contributed by atoms with E-state index in [-0.39, 0.29) is 11.3 Å². The van der Waals surface area contributed by atoms with E-state index in [9.17, 15) is 4.79 Å². The molecule has 1 atom stereocenters. The molecule has 0 unspecified atom stereocenters. The Morgan fingerprint density at radius 3 is 2.50 bits per heavy atom. The molecule has 1 aliphatic rings. The minimum atomic E-state index is -0.481. The van der Waals surface area contributed by atoms with Crippen LogP contribution in [0.25, 0.3) is 0 Å². The molecule has 1 aromatic carbocycles. The Hall–Kier alpha value is -1.77. The number of nitrogens with one attached hydrogen (secondary N) is 1. The summed E-state index contributed by atoms with van der Waals surface area (Å²) in [6.45, 7) is 9.04. The molecule has 0 saturated carbocycles. The highest BCUT2D eigenvalue weighted by Gasteiger charge is 2.16. The van der Waals surface area contributed by atoms with Crippen molar-refractivity contribution in [1.29, 1.82) is 0 Å². The molecule has 1 aliphatic carbocycles. The summed E-state index contributed by atoms with van der Waals surface area (Å²) >= 11 is 0. The number of hydrogen-bond donors (Lipinski definition) is 1. The van der Waals surface area contributed by atoms with Gasteiger partial charge in [-0.2, -0.15) is 0 Å². The molecule has 0 heterocycles. The van der Waals surface area contributed by atoms with Crippen LogP contribution in [0.5, 0.6) is 5.75 Å². The average Bonchev–Trinajstić information content (AvgIpc) is 2.55. The maximum absolute atomic E-state index is 12.2. The van der Waals surface area contributed by atoms with Crippen molar-refractivity contribution in [3.8, 4) is 5.75 Å². The third kappa shape index (κ3) is 5.70. The number of ether oxygens (including phenoxy) is 1. The molecule has 3 nitrogen and oxygen atoms in total. The Balaban J connectivity index is 1.77. The van der Waals surface area contributed by atoms with Crippen LogP contribution >= 0.6 is 0 Å². The van der Waals surface area contributed by atoms with Gasteiger partial charge in [-0.1, -0.05) is 44.6 Å². The van der Waals surface area contributed by atoms with E-state index in [1.165, 1.54) is 36.8 Å². The molecular formula is C21H31NO2. The minimum absolute atomic E-state index is 0.0497. The van der Waals surface area contributed by atoms with Crippen LogP contribution in [0.15, 0.2) is 35.9 Å². The van der Waals surface area contributed by atoms with Gasteiger partial charge in [0.2, 0.25) is 0 Å². The summed E-state index contributed by atoms with van der Waals surface area (Å²) in [5.74, 6) is 0.687. The Kier molecular flexibility index (Phi) is 6.47. The summed E-state index contributed by atoms with van der Waals surface area (Å²) in [7, 11) is 0. The van der Waals surface area contributed by atoms with Crippen molar-refractivity contribution in [1.82, 2.24) is 5.32 Å². The normalized spacial score (nSPS) is 16.2. The topological polar surface area (TPSA) is 38.3 Å². The predicted molar refractivity (Wildman–Crippen MR) is 99.4 cm³/mol. The predicted octanol–water partition coefficient (Wildman–Crippen LogP) is 4.76. The highest BCUT2D eigenvalue weighted by molar-refractivity contribution is 5.80. The first-order valence-electron chi connectivity index (χ1n) is 9.09. The summed E-state index contributed by atoms with van der Waals surface area (Å²) in [5.41, 5.74) is 2.86. The first kappa shape index (κ1) is 18.6. The summed E-state index contributed by atoms with van der Waals surface area (Å²) in [5, 5.41) is 2.98. The molecule has 0 radical (unpaired) electrons. The summed E-state index contributed by atoms with van der Waals surface area (Å²) in [6.07, 6.45) is 7.75. The first-order chi connectivity index (χ1) is 11.4. The van der Waals surface area contributed by atoms with Gasteiger partial charge in [-0.15, -0.1) is 0 Å². The van der Waals surface area contributed by atoms with Gasteiger partial charge in [0.05, 0.1) is 0 Å². The molecular weight excluding hydrogens is 298 g/mol. The zero-order valence-corrected chi connectivity index (χ0v) is 15.5. The standard InChI is InChI=1S/C21H31NO2/c1-16(20(23)22-15-14-17-8-6-5-7-9-17)24-19-12-10-18(11-13-19)21(2,3)4/h8,10-13,16H,5-7,9,14-15H2,1-4H3,(H,22,23)/t16-/m0/s1. The van der Waals surface area contributed by atoms with Crippen molar-refractivity contribution in [3.05, 3.63) is 41.5 Å². The third-order valence-electron chi connectivity index (χ3n) is 4.53. The van der Waals surface area contributed by atoms with E-state index < -0.39 is 6.10 Å². The quantitative estimate of drug-likeness (QED) is 0.764. The van der Waals surface area contributed by atoms with E-state index in [1.54, 1.807) is 6.92 Å². The molecule has 24 heavy (non-hydrogen) atoms. The monoisotopic (exact) mass is 329 g/mol. The maximum atomic E-state index is 12.2. The second kappa shape index (κ2) is 8.36. The average molecular weight is 329 g/mol. The minimum Gasteiger partial charge on any atom is -0.481 e. The van der Waals surface area contributed by atoms with Crippen molar-refractivity contribution in [2.45, 2.75) is 71.3 Å². The van der Waals surface area contributed by atoms with E-state index in [2.05, 4.69) is 44.3 Å². The first-order valence-corrected chi connectivity index (χ1v) is 9.09. The SMILES string of the molecule is C[C@H](Oc1ccc(C(C)(C)C)cc1)C(=O)NCCC1=CCCCC1. The van der Waals surface area contributed by atoms with E-state index >= 15 is 0 Å². The van der Waals surface area contributed by atoms with Crippen molar-refractivity contribution < 1.29 is 9.53 Å². The van der Waals surface area contributed by atoms with Gasteiger partial charge < -0.3 is 10.1 Å². The summed E-state index contributed by atoms with van der Waals surface area (Å²) in [6, 6.07) is 8.01. The number of hydrogen-bond acceptors (Lipinski definition) is 2. The third-order valence-corrected chi connectivity index (χ3v) is 4.53. The number of rotatable bonds is 6. The fraction of sp³-hybridized carbons (Fsp3) is 0.571. The molecule has 0 bridgehead atoms. The Bertz CT molecular complexity index is 566. The van der Waals surface area contributed by atoms with E-state index in [0.717, 1.165) is 12.2 Å². The van der Waals surface area contributed by atoms with Gasteiger partial charge in [-0.05, 0) is 62.1 Å². The second-order valence-corrected chi connectivity index (χ2v) is 7.68. The van der Waals surface area contributed by atoms with E-state index in [0.29, 0.717) is 6.54 Å². The van der Waals surface area contributed by atoms with Crippen LogP contribution in [-0.2, 0) is 10.2 Å². The maximum Gasteiger partial charge on any atom is 0.260 e. The van der Waals surface area contributed by atoms with Gasteiger partial charge in [-0.3, -0.25) is 4.79 Å². The molecule has 1 N–H and O–H groups in total. The van der Waals surface area contributed by atoms with Crippen LogP contribution in [0.4, 0.5) is 0 Å². The van der Waals surface area contributed by atoms with Crippen LogP contribution in [0, 0.1) is 0 Å². The van der Waals surface area contributed by atoms with Crippen LogP contribution in [-0.4, -0.2) is 18.6 Å². The Labute approximate surface area is 146 Å². The molecule has 0 aliphatic heterocycles. The van der Waals surface area contributed by atoms with Gasteiger partial charge in [0.1, 0.15) is 5.75 Å². The fourth-order valence-electron chi connectivity index (χ4n) is 2.91. The zero-order valence-electron chi connectivity index (χ0n) is 15.5. The van der Waals surface area contributed by atoms with Crippen molar-refractivity contribution in [2.24, 2.45) is 0 Å². The molecule has 132 valence electrons. The Morgan fingerprint density at radius 2 is 1.92 bits per heavy atom. The van der Waals surface area contributed by atoms with Gasteiger partial charge in [0, 0.05) is 6.54 Å². The highest BCUT2D eigenvalue weighted by Crippen LogP contribution is 2.24. The van der Waals surface area contributed by atoms with Gasteiger partial charge in [-0.25, -0.2) is 0 Å². The van der Waals surface area contributed by atoms with Crippen LogP contribution in [0.2, 0.25) is 0 Å². The lowest BCUT2D eigenvalue weighted by Crippen LogP contribution is -2.37. The van der Waals surface area contributed by atoms with Gasteiger partial charge in [0.25, 0.3) is 5.91 Å².